The Bertz CT molecular complexity index is 446. The third-order valence-electron chi connectivity index (χ3n) is 2.07. The van der Waals surface area contributed by atoms with Gasteiger partial charge in [0.25, 0.3) is 0 Å². The van der Waals surface area contributed by atoms with Gasteiger partial charge in [-0.1, -0.05) is 6.07 Å². The molecule has 92 valence electrons. The predicted molar refractivity (Wildman–Crippen MR) is 58.9 cm³/mol. The van der Waals surface area contributed by atoms with Gasteiger partial charge in [0.1, 0.15) is 0 Å². The van der Waals surface area contributed by atoms with E-state index in [2.05, 4.69) is 0 Å². The van der Waals surface area contributed by atoms with E-state index < -0.39 is 17.0 Å². The van der Waals surface area contributed by atoms with Crippen molar-refractivity contribution in [3.8, 4) is 5.75 Å². The summed E-state index contributed by atoms with van der Waals surface area (Å²) in [5.74, 6) is -1.36. The van der Waals surface area contributed by atoms with Gasteiger partial charge in [0.15, 0.2) is 5.75 Å². The summed E-state index contributed by atoms with van der Waals surface area (Å²) in [5.41, 5.74) is 5.61. The van der Waals surface area contributed by atoms with Crippen molar-refractivity contribution in [2.75, 3.05) is 6.54 Å². The van der Waals surface area contributed by atoms with Gasteiger partial charge in [0, 0.05) is 12.6 Å². The third-order valence-corrected chi connectivity index (χ3v) is 2.07. The van der Waals surface area contributed by atoms with Crippen LogP contribution >= 0.6 is 0 Å². The molecule has 3 N–H and O–H groups in total. The maximum Gasteiger partial charge on any atom is 0.346 e. The fourth-order valence-electron chi connectivity index (χ4n) is 1.22. The Labute approximate surface area is 97.0 Å². The molecule has 1 rings (SSSR count). The van der Waals surface area contributed by atoms with Gasteiger partial charge in [0.2, 0.25) is 6.10 Å². The maximum absolute atomic E-state index is 10.8. The Hall–Kier alpha value is -2.15. The SMILES string of the molecule is Cc1ccc(OC(CN)C(=O)O)c([N+](=O)[O-])c1. The zero-order chi connectivity index (χ0) is 13.0. The maximum atomic E-state index is 10.8. The van der Waals surface area contributed by atoms with E-state index in [9.17, 15) is 14.9 Å². The van der Waals surface area contributed by atoms with Gasteiger partial charge in [-0.25, -0.2) is 4.79 Å². The van der Waals surface area contributed by atoms with Crippen LogP contribution in [0.4, 0.5) is 5.69 Å². The molecule has 0 saturated carbocycles. The lowest BCUT2D eigenvalue weighted by Gasteiger charge is -2.13. The fraction of sp³-hybridized carbons (Fsp3) is 0.300. The molecule has 7 heteroatoms. The second-order valence-electron chi connectivity index (χ2n) is 3.41. The highest BCUT2D eigenvalue weighted by Gasteiger charge is 2.22. The van der Waals surface area contributed by atoms with E-state index in [-0.39, 0.29) is 18.0 Å². The number of nitrogens with zero attached hydrogens (tertiary/aromatic N) is 1. The van der Waals surface area contributed by atoms with Crippen molar-refractivity contribution in [1.29, 1.82) is 0 Å². The zero-order valence-corrected chi connectivity index (χ0v) is 9.12. The van der Waals surface area contributed by atoms with Gasteiger partial charge < -0.3 is 15.6 Å². The molecule has 17 heavy (non-hydrogen) atoms. The molecule has 0 aliphatic rings. The van der Waals surface area contributed by atoms with Gasteiger partial charge in [0.05, 0.1) is 4.92 Å². The molecular formula is C10H12N2O5. The van der Waals surface area contributed by atoms with E-state index in [0.717, 1.165) is 0 Å². The monoisotopic (exact) mass is 240 g/mol. The van der Waals surface area contributed by atoms with E-state index in [1.165, 1.54) is 12.1 Å². The number of benzene rings is 1. The first-order chi connectivity index (χ1) is 7.95. The van der Waals surface area contributed by atoms with E-state index >= 15 is 0 Å². The molecule has 0 aromatic heterocycles. The number of carbonyl (C=O) groups is 1. The number of rotatable bonds is 5. The molecule has 0 fully saturated rings. The molecule has 1 unspecified atom stereocenters. The molecule has 0 radical (unpaired) electrons. The van der Waals surface area contributed by atoms with Gasteiger partial charge in [-0.15, -0.1) is 0 Å². The van der Waals surface area contributed by atoms with Crippen LogP contribution in [0.25, 0.3) is 0 Å². The molecule has 0 aliphatic heterocycles. The average Bonchev–Trinajstić information content (AvgIpc) is 2.26. The van der Waals surface area contributed by atoms with Crippen LogP contribution in [0.1, 0.15) is 5.56 Å². The fourth-order valence-corrected chi connectivity index (χ4v) is 1.22. The first-order valence-corrected chi connectivity index (χ1v) is 4.80. The summed E-state index contributed by atoms with van der Waals surface area (Å²) in [6, 6.07) is 4.27. The lowest BCUT2D eigenvalue weighted by Crippen LogP contribution is -2.34. The van der Waals surface area contributed by atoms with Crippen molar-refractivity contribution in [2.24, 2.45) is 5.73 Å². The minimum Gasteiger partial charge on any atom is -0.478 e. The smallest absolute Gasteiger partial charge is 0.346 e. The molecule has 0 heterocycles. The average molecular weight is 240 g/mol. The molecule has 0 aliphatic carbocycles. The first kappa shape index (κ1) is 12.9. The molecule has 1 aromatic carbocycles. The third kappa shape index (κ3) is 3.15. The van der Waals surface area contributed by atoms with E-state index in [4.69, 9.17) is 15.6 Å². The van der Waals surface area contributed by atoms with Crippen LogP contribution in [0.3, 0.4) is 0 Å². The molecule has 0 spiro atoms. The molecule has 0 amide bonds. The molecule has 7 nitrogen and oxygen atoms in total. The Morgan fingerprint density at radius 1 is 1.65 bits per heavy atom. The number of carboxylic acid groups (broad SMARTS) is 1. The van der Waals surface area contributed by atoms with Gasteiger partial charge in [-0.2, -0.15) is 0 Å². The Morgan fingerprint density at radius 2 is 2.29 bits per heavy atom. The van der Waals surface area contributed by atoms with Crippen LogP contribution in [0.15, 0.2) is 18.2 Å². The lowest BCUT2D eigenvalue weighted by molar-refractivity contribution is -0.386. The van der Waals surface area contributed by atoms with Crippen LogP contribution in [-0.4, -0.2) is 28.6 Å². The van der Waals surface area contributed by atoms with E-state index in [0.29, 0.717) is 5.56 Å². The standard InChI is InChI=1S/C10H12N2O5/c1-6-2-3-8(7(4-6)12(15)16)17-9(5-11)10(13)14/h2-4,9H,5,11H2,1H3,(H,13,14). The van der Waals surface area contributed by atoms with Crippen LogP contribution in [0, 0.1) is 17.0 Å². The quantitative estimate of drug-likeness (QED) is 0.578. The van der Waals surface area contributed by atoms with Crippen LogP contribution in [0.5, 0.6) is 5.75 Å². The number of hydrogen-bond donors (Lipinski definition) is 2. The number of aryl methyl sites for hydroxylation is 1. The van der Waals surface area contributed by atoms with Crippen molar-refractivity contribution in [3.63, 3.8) is 0 Å². The number of nitro groups is 1. The van der Waals surface area contributed by atoms with Gasteiger partial charge >= 0.3 is 11.7 Å². The number of nitrogens with two attached hydrogens (primary N) is 1. The largest absolute Gasteiger partial charge is 0.478 e. The minimum absolute atomic E-state index is 0.0987. The summed E-state index contributed by atoms with van der Waals surface area (Å²) < 4.78 is 5.01. The summed E-state index contributed by atoms with van der Waals surface area (Å²) in [6.07, 6.45) is -1.29. The summed E-state index contributed by atoms with van der Waals surface area (Å²) in [7, 11) is 0. The number of nitro benzene ring substituents is 1. The number of ether oxygens (including phenoxy) is 1. The summed E-state index contributed by atoms with van der Waals surface area (Å²) >= 11 is 0. The highest BCUT2D eigenvalue weighted by atomic mass is 16.6. The minimum atomic E-state index is -1.29. The summed E-state index contributed by atoms with van der Waals surface area (Å²) in [6.45, 7) is 1.43. The van der Waals surface area contributed by atoms with E-state index in [1.807, 2.05) is 0 Å². The first-order valence-electron chi connectivity index (χ1n) is 4.80. The number of aliphatic carboxylic acids is 1. The predicted octanol–water partition coefficient (Wildman–Crippen LogP) is 0.694. The number of hydrogen-bond acceptors (Lipinski definition) is 5. The zero-order valence-electron chi connectivity index (χ0n) is 9.12. The Morgan fingerprint density at radius 3 is 2.76 bits per heavy atom. The highest BCUT2D eigenvalue weighted by molar-refractivity contribution is 5.73. The van der Waals surface area contributed by atoms with Crippen molar-refractivity contribution in [1.82, 2.24) is 0 Å². The normalized spacial score (nSPS) is 11.9. The van der Waals surface area contributed by atoms with Crippen LogP contribution < -0.4 is 10.5 Å². The molecule has 0 saturated heterocycles. The van der Waals surface area contributed by atoms with Gasteiger partial charge in [-0.3, -0.25) is 10.1 Å². The van der Waals surface area contributed by atoms with Crippen molar-refractivity contribution >= 4 is 11.7 Å². The lowest BCUT2D eigenvalue weighted by atomic mass is 10.2. The molecular weight excluding hydrogens is 228 g/mol. The van der Waals surface area contributed by atoms with Gasteiger partial charge in [-0.05, 0) is 18.6 Å². The van der Waals surface area contributed by atoms with E-state index in [1.54, 1.807) is 13.0 Å². The topological polar surface area (TPSA) is 116 Å². The van der Waals surface area contributed by atoms with Crippen LogP contribution in [-0.2, 0) is 4.79 Å². The van der Waals surface area contributed by atoms with Crippen molar-refractivity contribution in [2.45, 2.75) is 13.0 Å². The van der Waals surface area contributed by atoms with Crippen molar-refractivity contribution in [3.05, 3.63) is 33.9 Å². The second-order valence-corrected chi connectivity index (χ2v) is 3.41. The second kappa shape index (κ2) is 5.26. The van der Waals surface area contributed by atoms with Crippen LogP contribution in [0.2, 0.25) is 0 Å². The van der Waals surface area contributed by atoms with Crippen molar-refractivity contribution < 1.29 is 19.6 Å². The Balaban J connectivity index is 3.05. The molecule has 1 aromatic rings. The summed E-state index contributed by atoms with van der Waals surface area (Å²) in [5, 5.41) is 19.5. The highest BCUT2D eigenvalue weighted by Crippen LogP contribution is 2.28. The number of carboxylic acids is 1. The molecule has 1 atom stereocenters. The summed E-state index contributed by atoms with van der Waals surface area (Å²) in [4.78, 5) is 20.8. The Kier molecular flexibility index (Phi) is 4.00. The molecule has 0 bridgehead atoms.